The quantitative estimate of drug-likeness (QED) is 0.661. The Hall–Kier alpha value is -1.88. The fraction of sp³-hybridized carbons (Fsp3) is 0.500. The van der Waals surface area contributed by atoms with Crippen LogP contribution in [-0.4, -0.2) is 41.4 Å². The average Bonchev–Trinajstić information content (AvgIpc) is 2.49. The summed E-state index contributed by atoms with van der Waals surface area (Å²) in [5.41, 5.74) is 2.85. The third-order valence-electron chi connectivity index (χ3n) is 3.96. The van der Waals surface area contributed by atoms with Crippen LogP contribution >= 0.6 is 0 Å². The van der Waals surface area contributed by atoms with Gasteiger partial charge in [0, 0.05) is 31.1 Å². The number of anilines is 1. The van der Waals surface area contributed by atoms with Crippen LogP contribution in [0, 0.1) is 12.8 Å². The maximum Gasteiger partial charge on any atom is 0.238 e. The maximum absolute atomic E-state index is 12.1. The molecule has 21 heavy (non-hydrogen) atoms. The van der Waals surface area contributed by atoms with Crippen molar-refractivity contribution in [3.05, 3.63) is 29.8 Å². The van der Waals surface area contributed by atoms with E-state index < -0.39 is 0 Å². The maximum atomic E-state index is 12.1. The first-order valence-electron chi connectivity index (χ1n) is 7.42. The van der Waals surface area contributed by atoms with Gasteiger partial charge in [-0.25, -0.2) is 0 Å². The van der Waals surface area contributed by atoms with Crippen molar-refractivity contribution in [1.29, 1.82) is 0 Å². The number of benzene rings is 1. The summed E-state index contributed by atoms with van der Waals surface area (Å²) in [5.74, 6) is 0.244. The molecule has 5 nitrogen and oxygen atoms in total. The van der Waals surface area contributed by atoms with Crippen LogP contribution in [0.2, 0.25) is 0 Å². The smallest absolute Gasteiger partial charge is 0.238 e. The molecule has 1 heterocycles. The predicted molar refractivity (Wildman–Crippen MR) is 83.9 cm³/mol. The number of amides is 1. The van der Waals surface area contributed by atoms with Crippen molar-refractivity contribution in [2.75, 3.05) is 25.0 Å². The van der Waals surface area contributed by atoms with Crippen LogP contribution in [0.25, 0.3) is 0 Å². The number of hydrogen-bond donors (Lipinski definition) is 2. The summed E-state index contributed by atoms with van der Waals surface area (Å²) < 4.78 is 0. The second kappa shape index (κ2) is 7.22. The van der Waals surface area contributed by atoms with Crippen molar-refractivity contribution in [2.24, 2.45) is 11.1 Å². The molecule has 5 heteroatoms. The zero-order valence-corrected chi connectivity index (χ0v) is 12.7. The fourth-order valence-corrected chi connectivity index (χ4v) is 2.67. The minimum absolute atomic E-state index is 0.00177. The van der Waals surface area contributed by atoms with E-state index >= 15 is 0 Å². The molecule has 0 bridgehead atoms. The normalized spacial score (nSPS) is 21.4. The Morgan fingerprint density at radius 1 is 1.43 bits per heavy atom. The number of aryl methyl sites for hydroxylation is 1. The predicted octanol–water partition coefficient (Wildman–Crippen LogP) is 2.50. The summed E-state index contributed by atoms with van der Waals surface area (Å²) in [6.07, 6.45) is 1.66. The van der Waals surface area contributed by atoms with E-state index in [0.717, 1.165) is 37.3 Å². The SMILES string of the molecule is CCC1CN(CC(=O)Nc2ccc(C)cc2)CC/C1=N\O. The molecule has 0 aromatic heterocycles. The minimum Gasteiger partial charge on any atom is -0.411 e. The number of rotatable bonds is 4. The van der Waals surface area contributed by atoms with Gasteiger partial charge >= 0.3 is 0 Å². The monoisotopic (exact) mass is 289 g/mol. The highest BCUT2D eigenvalue weighted by Crippen LogP contribution is 2.17. The Balaban J connectivity index is 1.87. The number of carbonyl (C=O) groups is 1. The van der Waals surface area contributed by atoms with Gasteiger partial charge in [0.1, 0.15) is 0 Å². The molecule has 1 aliphatic rings. The molecule has 1 saturated heterocycles. The number of likely N-dealkylation sites (tertiary alicyclic amines) is 1. The third-order valence-corrected chi connectivity index (χ3v) is 3.96. The van der Waals surface area contributed by atoms with Gasteiger partial charge in [-0.05, 0) is 25.5 Å². The van der Waals surface area contributed by atoms with Crippen molar-refractivity contribution in [2.45, 2.75) is 26.7 Å². The first-order chi connectivity index (χ1) is 10.1. The molecular formula is C16H23N3O2. The lowest BCUT2D eigenvalue weighted by molar-refractivity contribution is -0.117. The number of nitrogens with zero attached hydrogens (tertiary/aromatic N) is 2. The van der Waals surface area contributed by atoms with Crippen molar-refractivity contribution < 1.29 is 10.0 Å². The van der Waals surface area contributed by atoms with Gasteiger partial charge in [0.25, 0.3) is 0 Å². The van der Waals surface area contributed by atoms with Crippen molar-refractivity contribution in [1.82, 2.24) is 4.90 Å². The lowest BCUT2D eigenvalue weighted by Gasteiger charge is -2.32. The zero-order valence-electron chi connectivity index (χ0n) is 12.7. The molecule has 1 atom stereocenters. The highest BCUT2D eigenvalue weighted by atomic mass is 16.4. The van der Waals surface area contributed by atoms with Crippen LogP contribution < -0.4 is 5.32 Å². The molecule has 0 aliphatic carbocycles. The van der Waals surface area contributed by atoms with Crippen LogP contribution in [0.1, 0.15) is 25.3 Å². The second-order valence-electron chi connectivity index (χ2n) is 5.60. The van der Waals surface area contributed by atoms with E-state index in [1.54, 1.807) is 0 Å². The molecule has 1 unspecified atom stereocenters. The molecule has 1 aromatic carbocycles. The van der Waals surface area contributed by atoms with Crippen LogP contribution in [0.5, 0.6) is 0 Å². The number of carbonyl (C=O) groups excluding carboxylic acids is 1. The molecule has 114 valence electrons. The van der Waals surface area contributed by atoms with Gasteiger partial charge in [-0.15, -0.1) is 0 Å². The first-order valence-corrected chi connectivity index (χ1v) is 7.42. The number of hydrogen-bond acceptors (Lipinski definition) is 4. The summed E-state index contributed by atoms with van der Waals surface area (Å²) in [7, 11) is 0. The Kier molecular flexibility index (Phi) is 5.33. The molecule has 0 radical (unpaired) electrons. The number of piperidine rings is 1. The zero-order chi connectivity index (χ0) is 15.2. The molecule has 2 rings (SSSR count). The Labute approximate surface area is 125 Å². The molecule has 1 fully saturated rings. The molecule has 0 spiro atoms. The molecule has 2 N–H and O–H groups in total. The average molecular weight is 289 g/mol. The van der Waals surface area contributed by atoms with Gasteiger partial charge in [0.2, 0.25) is 5.91 Å². The lowest BCUT2D eigenvalue weighted by atomic mass is 9.93. The van der Waals surface area contributed by atoms with E-state index in [0.29, 0.717) is 6.54 Å². The van der Waals surface area contributed by atoms with Gasteiger partial charge in [-0.3, -0.25) is 9.69 Å². The largest absolute Gasteiger partial charge is 0.411 e. The van der Waals surface area contributed by atoms with E-state index in [1.807, 2.05) is 31.2 Å². The Morgan fingerprint density at radius 3 is 2.76 bits per heavy atom. The summed E-state index contributed by atoms with van der Waals surface area (Å²) in [4.78, 5) is 14.2. The van der Waals surface area contributed by atoms with Crippen LogP contribution in [0.3, 0.4) is 0 Å². The van der Waals surface area contributed by atoms with E-state index in [-0.39, 0.29) is 11.8 Å². The fourth-order valence-electron chi connectivity index (χ4n) is 2.67. The molecule has 1 aromatic rings. The summed E-state index contributed by atoms with van der Waals surface area (Å²) in [6, 6.07) is 7.78. The number of nitrogens with one attached hydrogen (secondary N) is 1. The van der Waals surface area contributed by atoms with Crippen molar-refractivity contribution in [3.63, 3.8) is 0 Å². The molecule has 0 saturated carbocycles. The van der Waals surface area contributed by atoms with Crippen LogP contribution in [0.4, 0.5) is 5.69 Å². The van der Waals surface area contributed by atoms with E-state index in [9.17, 15) is 4.79 Å². The van der Waals surface area contributed by atoms with Crippen molar-refractivity contribution >= 4 is 17.3 Å². The van der Waals surface area contributed by atoms with Crippen molar-refractivity contribution in [3.8, 4) is 0 Å². The first kappa shape index (κ1) is 15.5. The summed E-state index contributed by atoms with van der Waals surface area (Å²) in [5, 5.41) is 15.3. The van der Waals surface area contributed by atoms with Crippen LogP contribution in [0.15, 0.2) is 29.4 Å². The Morgan fingerprint density at radius 2 is 2.14 bits per heavy atom. The minimum atomic E-state index is -0.00177. The van der Waals surface area contributed by atoms with Gasteiger partial charge in [0.05, 0.1) is 12.3 Å². The number of oxime groups is 1. The highest BCUT2D eigenvalue weighted by Gasteiger charge is 2.25. The molecule has 1 aliphatic heterocycles. The van der Waals surface area contributed by atoms with Gasteiger partial charge < -0.3 is 10.5 Å². The van der Waals surface area contributed by atoms with Gasteiger partial charge in [0.15, 0.2) is 0 Å². The third kappa shape index (κ3) is 4.29. The van der Waals surface area contributed by atoms with Gasteiger partial charge in [-0.1, -0.05) is 29.8 Å². The molecule has 1 amide bonds. The Bertz CT molecular complexity index is 511. The van der Waals surface area contributed by atoms with E-state index in [2.05, 4.69) is 22.3 Å². The second-order valence-corrected chi connectivity index (χ2v) is 5.60. The summed E-state index contributed by atoms with van der Waals surface area (Å²) >= 11 is 0. The van der Waals surface area contributed by atoms with E-state index in [1.165, 1.54) is 5.56 Å². The van der Waals surface area contributed by atoms with Crippen LogP contribution in [-0.2, 0) is 4.79 Å². The topological polar surface area (TPSA) is 64.9 Å². The van der Waals surface area contributed by atoms with Gasteiger partial charge in [-0.2, -0.15) is 0 Å². The lowest BCUT2D eigenvalue weighted by Crippen LogP contribution is -2.44. The molecular weight excluding hydrogens is 266 g/mol. The standard InChI is InChI=1S/C16H23N3O2/c1-3-13-10-19(9-8-15(13)18-21)11-16(20)17-14-6-4-12(2)5-7-14/h4-7,13,21H,3,8-11H2,1-2H3,(H,17,20)/b18-15+. The highest BCUT2D eigenvalue weighted by molar-refractivity contribution is 5.92. The van der Waals surface area contributed by atoms with E-state index in [4.69, 9.17) is 5.21 Å². The summed E-state index contributed by atoms with van der Waals surface area (Å²) in [6.45, 7) is 6.01.